The summed E-state index contributed by atoms with van der Waals surface area (Å²) in [7, 11) is 3.47. The molecule has 1 saturated heterocycles. The van der Waals surface area contributed by atoms with Crippen LogP contribution < -0.4 is 20.1 Å². The van der Waals surface area contributed by atoms with E-state index in [9.17, 15) is 0 Å². The second kappa shape index (κ2) is 10.9. The molecule has 0 aliphatic carbocycles. The van der Waals surface area contributed by atoms with Gasteiger partial charge in [0.15, 0.2) is 5.96 Å². The minimum Gasteiger partial charge on any atom is -0.496 e. The van der Waals surface area contributed by atoms with Crippen LogP contribution in [0.5, 0.6) is 11.5 Å². The summed E-state index contributed by atoms with van der Waals surface area (Å²) < 4.78 is 17.1. The van der Waals surface area contributed by atoms with E-state index in [2.05, 4.69) is 52.9 Å². The Hall–Kier alpha value is -2.73. The van der Waals surface area contributed by atoms with E-state index in [1.54, 1.807) is 14.2 Å². The number of ether oxygens (including phenoxy) is 3. The molecule has 1 atom stereocenters. The van der Waals surface area contributed by atoms with Crippen molar-refractivity contribution in [1.29, 1.82) is 0 Å². The van der Waals surface area contributed by atoms with Crippen molar-refractivity contribution in [3.8, 4) is 11.5 Å². The lowest BCUT2D eigenvalue weighted by Crippen LogP contribution is -2.36. The Bertz CT molecular complexity index is 861. The third kappa shape index (κ3) is 6.13. The van der Waals surface area contributed by atoms with Crippen LogP contribution >= 0.6 is 0 Å². The maximum absolute atomic E-state index is 6.09. The number of benzene rings is 2. The van der Waals surface area contributed by atoms with Gasteiger partial charge < -0.3 is 24.8 Å². The smallest absolute Gasteiger partial charge is 0.191 e. The minimum atomic E-state index is 0.203. The summed E-state index contributed by atoms with van der Waals surface area (Å²) in [4.78, 5) is 4.34. The SMILES string of the molecule is CN=C(NCc1ccc(OC)c(C)c1)NCc1ccc(C)cc1OCC1CCCO1. The molecule has 1 unspecified atom stereocenters. The van der Waals surface area contributed by atoms with Crippen LogP contribution in [0.3, 0.4) is 0 Å². The first-order valence-corrected chi connectivity index (χ1v) is 10.5. The van der Waals surface area contributed by atoms with Crippen molar-refractivity contribution in [2.45, 2.75) is 45.9 Å². The molecule has 1 aliphatic heterocycles. The van der Waals surface area contributed by atoms with Gasteiger partial charge in [-0.2, -0.15) is 0 Å². The molecule has 0 spiro atoms. The van der Waals surface area contributed by atoms with Gasteiger partial charge in [-0.15, -0.1) is 0 Å². The molecule has 0 saturated carbocycles. The fourth-order valence-electron chi connectivity index (χ4n) is 3.54. The average Bonchev–Trinajstić information content (AvgIpc) is 3.27. The summed E-state index contributed by atoms with van der Waals surface area (Å²) in [5.41, 5.74) is 4.57. The molecule has 3 rings (SSSR count). The fourth-order valence-corrected chi connectivity index (χ4v) is 3.54. The highest BCUT2D eigenvalue weighted by atomic mass is 16.5. The predicted octanol–water partition coefficient (Wildman–Crippen LogP) is 3.74. The third-order valence-electron chi connectivity index (χ3n) is 5.26. The summed E-state index contributed by atoms with van der Waals surface area (Å²) in [5, 5.41) is 6.75. The van der Waals surface area contributed by atoms with Crippen LogP contribution in [-0.2, 0) is 17.8 Å². The summed E-state index contributed by atoms with van der Waals surface area (Å²) >= 11 is 0. The quantitative estimate of drug-likeness (QED) is 0.512. The monoisotopic (exact) mass is 411 g/mol. The van der Waals surface area contributed by atoms with E-state index < -0.39 is 0 Å². The van der Waals surface area contributed by atoms with Crippen molar-refractivity contribution >= 4 is 5.96 Å². The highest BCUT2D eigenvalue weighted by Gasteiger charge is 2.17. The van der Waals surface area contributed by atoms with E-state index in [0.717, 1.165) is 48.0 Å². The fraction of sp³-hybridized carbons (Fsp3) is 0.458. The average molecular weight is 412 g/mol. The Morgan fingerprint density at radius 2 is 1.93 bits per heavy atom. The first-order valence-electron chi connectivity index (χ1n) is 10.5. The minimum absolute atomic E-state index is 0.203. The van der Waals surface area contributed by atoms with Crippen molar-refractivity contribution in [2.24, 2.45) is 4.99 Å². The Balaban J connectivity index is 1.55. The molecule has 30 heavy (non-hydrogen) atoms. The molecule has 1 fully saturated rings. The van der Waals surface area contributed by atoms with Crippen LogP contribution in [0.1, 0.15) is 35.1 Å². The molecular weight excluding hydrogens is 378 g/mol. The Morgan fingerprint density at radius 3 is 2.63 bits per heavy atom. The normalized spacial score (nSPS) is 16.4. The molecule has 0 bridgehead atoms. The van der Waals surface area contributed by atoms with E-state index in [0.29, 0.717) is 19.7 Å². The third-order valence-corrected chi connectivity index (χ3v) is 5.26. The van der Waals surface area contributed by atoms with Crippen LogP contribution in [-0.4, -0.2) is 39.4 Å². The van der Waals surface area contributed by atoms with Gasteiger partial charge >= 0.3 is 0 Å². The summed E-state index contributed by atoms with van der Waals surface area (Å²) in [6.45, 7) is 6.87. The lowest BCUT2D eigenvalue weighted by Gasteiger charge is -2.17. The van der Waals surface area contributed by atoms with Crippen LogP contribution in [0.4, 0.5) is 0 Å². The van der Waals surface area contributed by atoms with E-state index >= 15 is 0 Å². The van der Waals surface area contributed by atoms with E-state index in [1.807, 2.05) is 13.0 Å². The zero-order chi connectivity index (χ0) is 21.3. The lowest BCUT2D eigenvalue weighted by atomic mass is 10.1. The summed E-state index contributed by atoms with van der Waals surface area (Å²) in [5.74, 6) is 2.55. The number of hydrogen-bond acceptors (Lipinski definition) is 4. The molecule has 2 aromatic rings. The van der Waals surface area contributed by atoms with Gasteiger partial charge in [0.05, 0.1) is 13.2 Å². The Kier molecular flexibility index (Phi) is 7.97. The van der Waals surface area contributed by atoms with Gasteiger partial charge in [0.2, 0.25) is 0 Å². The van der Waals surface area contributed by atoms with Gasteiger partial charge in [-0.3, -0.25) is 4.99 Å². The van der Waals surface area contributed by atoms with Gasteiger partial charge in [0, 0.05) is 32.3 Å². The highest BCUT2D eigenvalue weighted by molar-refractivity contribution is 5.79. The highest BCUT2D eigenvalue weighted by Crippen LogP contribution is 2.22. The van der Waals surface area contributed by atoms with Gasteiger partial charge in [0.25, 0.3) is 0 Å². The van der Waals surface area contributed by atoms with Crippen molar-refractivity contribution < 1.29 is 14.2 Å². The molecule has 1 aliphatic rings. The number of guanidine groups is 1. The molecule has 6 heteroatoms. The van der Waals surface area contributed by atoms with E-state index in [4.69, 9.17) is 14.2 Å². The first kappa shape index (κ1) is 22.0. The molecule has 0 aromatic heterocycles. The Morgan fingerprint density at radius 1 is 1.10 bits per heavy atom. The van der Waals surface area contributed by atoms with Crippen molar-refractivity contribution in [3.63, 3.8) is 0 Å². The Labute approximate surface area is 179 Å². The summed E-state index contributed by atoms with van der Waals surface area (Å²) in [6.07, 6.45) is 2.39. The predicted molar refractivity (Wildman–Crippen MR) is 120 cm³/mol. The number of aryl methyl sites for hydroxylation is 2. The lowest BCUT2D eigenvalue weighted by molar-refractivity contribution is 0.0676. The maximum atomic E-state index is 6.09. The summed E-state index contributed by atoms with van der Waals surface area (Å²) in [6, 6.07) is 12.5. The molecule has 6 nitrogen and oxygen atoms in total. The van der Waals surface area contributed by atoms with Crippen LogP contribution in [0.15, 0.2) is 41.4 Å². The zero-order valence-electron chi connectivity index (χ0n) is 18.5. The van der Waals surface area contributed by atoms with Gasteiger partial charge in [-0.25, -0.2) is 0 Å². The van der Waals surface area contributed by atoms with Crippen molar-refractivity contribution in [2.75, 3.05) is 27.4 Å². The first-order chi connectivity index (χ1) is 14.6. The molecule has 2 aromatic carbocycles. The van der Waals surface area contributed by atoms with E-state index in [1.165, 1.54) is 11.1 Å². The standard InChI is InChI=1S/C24H33N3O3/c1-17-7-9-20(23(12-17)30-16-21-6-5-11-29-21)15-27-24(25-3)26-14-19-8-10-22(28-4)18(2)13-19/h7-10,12-13,21H,5-6,11,14-16H2,1-4H3,(H2,25,26,27). The van der Waals surface area contributed by atoms with Crippen LogP contribution in [0.25, 0.3) is 0 Å². The number of methoxy groups -OCH3 is 1. The number of rotatable bonds is 8. The number of aliphatic imine (C=N–C) groups is 1. The molecular formula is C24H33N3O3. The van der Waals surface area contributed by atoms with Crippen LogP contribution in [0, 0.1) is 13.8 Å². The van der Waals surface area contributed by atoms with Gasteiger partial charge in [0.1, 0.15) is 18.1 Å². The molecule has 0 radical (unpaired) electrons. The van der Waals surface area contributed by atoms with E-state index in [-0.39, 0.29) is 6.10 Å². The number of nitrogens with one attached hydrogen (secondary N) is 2. The maximum Gasteiger partial charge on any atom is 0.191 e. The molecule has 1 heterocycles. The molecule has 162 valence electrons. The second-order valence-corrected chi connectivity index (χ2v) is 7.64. The van der Waals surface area contributed by atoms with Crippen molar-refractivity contribution in [3.05, 3.63) is 58.7 Å². The second-order valence-electron chi connectivity index (χ2n) is 7.64. The topological polar surface area (TPSA) is 64.1 Å². The number of nitrogens with zero attached hydrogens (tertiary/aromatic N) is 1. The molecule has 2 N–H and O–H groups in total. The van der Waals surface area contributed by atoms with Crippen molar-refractivity contribution in [1.82, 2.24) is 10.6 Å². The van der Waals surface area contributed by atoms with Gasteiger partial charge in [-0.1, -0.05) is 24.3 Å². The van der Waals surface area contributed by atoms with Crippen LogP contribution in [0.2, 0.25) is 0 Å². The number of hydrogen-bond donors (Lipinski definition) is 2. The molecule has 0 amide bonds. The zero-order valence-corrected chi connectivity index (χ0v) is 18.5. The van der Waals surface area contributed by atoms with Gasteiger partial charge in [-0.05, 0) is 55.5 Å². The largest absolute Gasteiger partial charge is 0.496 e.